The van der Waals surface area contributed by atoms with E-state index in [4.69, 9.17) is 0 Å². The van der Waals surface area contributed by atoms with Crippen LogP contribution in [0.5, 0.6) is 0 Å². The number of aromatic amines is 1. The van der Waals surface area contributed by atoms with E-state index >= 15 is 0 Å². The molecule has 0 unspecified atom stereocenters. The van der Waals surface area contributed by atoms with Gasteiger partial charge in [0.1, 0.15) is 0 Å². The number of aromatic nitrogens is 1. The molecule has 126 valence electrons. The summed E-state index contributed by atoms with van der Waals surface area (Å²) in [5.41, 5.74) is 8.03. The predicted octanol–water partition coefficient (Wildman–Crippen LogP) is 4.60. The zero-order valence-electron chi connectivity index (χ0n) is 14.3. The molecule has 2 aliphatic heterocycles. The van der Waals surface area contributed by atoms with Crippen LogP contribution >= 0.6 is 0 Å². The maximum absolute atomic E-state index is 3.59. The third-order valence-corrected chi connectivity index (χ3v) is 5.55. The van der Waals surface area contributed by atoms with Crippen molar-refractivity contribution >= 4 is 28.2 Å². The van der Waals surface area contributed by atoms with Gasteiger partial charge in [-0.1, -0.05) is 30.3 Å². The second-order valence-electron chi connectivity index (χ2n) is 7.13. The quantitative estimate of drug-likeness (QED) is 0.643. The lowest BCUT2D eigenvalue weighted by atomic mass is 9.85. The summed E-state index contributed by atoms with van der Waals surface area (Å²) in [7, 11) is 0. The van der Waals surface area contributed by atoms with Crippen molar-refractivity contribution < 1.29 is 0 Å². The molecule has 0 radical (unpaired) electrons. The SMILES string of the molecule is C(=C1CNc2cccc(C3CCNCC3)c21)c1cc2ccccc2[nH]1. The molecule has 3 N–H and O–H groups in total. The molecule has 1 saturated heterocycles. The van der Waals surface area contributed by atoms with Crippen LogP contribution in [-0.2, 0) is 0 Å². The number of anilines is 1. The van der Waals surface area contributed by atoms with Gasteiger partial charge in [-0.15, -0.1) is 0 Å². The summed E-state index contributed by atoms with van der Waals surface area (Å²) in [6, 6.07) is 17.5. The van der Waals surface area contributed by atoms with Gasteiger partial charge in [-0.25, -0.2) is 0 Å². The molecule has 1 aromatic heterocycles. The minimum atomic E-state index is 0.669. The summed E-state index contributed by atoms with van der Waals surface area (Å²) >= 11 is 0. The monoisotopic (exact) mass is 329 g/mol. The van der Waals surface area contributed by atoms with Crippen LogP contribution in [0.25, 0.3) is 22.6 Å². The molecule has 0 aliphatic carbocycles. The number of para-hydroxylation sites is 1. The molecule has 25 heavy (non-hydrogen) atoms. The number of hydrogen-bond donors (Lipinski definition) is 3. The van der Waals surface area contributed by atoms with Crippen LogP contribution in [0.15, 0.2) is 48.5 Å². The molecule has 5 rings (SSSR count). The Morgan fingerprint density at radius 2 is 1.84 bits per heavy atom. The van der Waals surface area contributed by atoms with Gasteiger partial charge in [-0.2, -0.15) is 0 Å². The summed E-state index contributed by atoms with van der Waals surface area (Å²) in [5, 5.41) is 8.34. The molecule has 0 saturated carbocycles. The lowest BCUT2D eigenvalue weighted by Gasteiger charge is -2.25. The van der Waals surface area contributed by atoms with Crippen LogP contribution < -0.4 is 10.6 Å². The number of nitrogens with one attached hydrogen (secondary N) is 3. The van der Waals surface area contributed by atoms with Crippen molar-refractivity contribution in [1.82, 2.24) is 10.3 Å². The fourth-order valence-electron chi connectivity index (χ4n) is 4.31. The van der Waals surface area contributed by atoms with Crippen LogP contribution in [0.4, 0.5) is 5.69 Å². The first-order valence-corrected chi connectivity index (χ1v) is 9.25. The van der Waals surface area contributed by atoms with E-state index in [1.54, 1.807) is 0 Å². The highest BCUT2D eigenvalue weighted by Gasteiger charge is 2.25. The number of fused-ring (bicyclic) bond motifs is 2. The van der Waals surface area contributed by atoms with Crippen molar-refractivity contribution in [2.75, 3.05) is 25.0 Å². The number of hydrogen-bond acceptors (Lipinski definition) is 2. The van der Waals surface area contributed by atoms with Gasteiger partial charge < -0.3 is 15.6 Å². The Bertz CT molecular complexity index is 912. The lowest BCUT2D eigenvalue weighted by molar-refractivity contribution is 0.460. The molecule has 0 atom stereocenters. The van der Waals surface area contributed by atoms with Crippen LogP contribution in [0.2, 0.25) is 0 Å². The fraction of sp³-hybridized carbons (Fsp3) is 0.273. The second kappa shape index (κ2) is 6.08. The molecule has 0 spiro atoms. The fourth-order valence-corrected chi connectivity index (χ4v) is 4.31. The second-order valence-corrected chi connectivity index (χ2v) is 7.13. The molecule has 0 bridgehead atoms. The van der Waals surface area contributed by atoms with Crippen molar-refractivity contribution in [3.63, 3.8) is 0 Å². The van der Waals surface area contributed by atoms with Gasteiger partial charge in [0.2, 0.25) is 0 Å². The molecule has 3 aromatic rings. The van der Waals surface area contributed by atoms with E-state index in [1.807, 2.05) is 0 Å². The first-order chi connectivity index (χ1) is 12.4. The summed E-state index contributed by atoms with van der Waals surface area (Å²) < 4.78 is 0. The maximum Gasteiger partial charge on any atom is 0.0458 e. The van der Waals surface area contributed by atoms with Crippen molar-refractivity contribution in [3.8, 4) is 0 Å². The predicted molar refractivity (Wildman–Crippen MR) is 106 cm³/mol. The van der Waals surface area contributed by atoms with Gasteiger partial charge in [0.05, 0.1) is 0 Å². The Labute approximate surface area is 148 Å². The smallest absolute Gasteiger partial charge is 0.0458 e. The van der Waals surface area contributed by atoms with Crippen molar-refractivity contribution in [2.24, 2.45) is 0 Å². The summed E-state index contributed by atoms with van der Waals surface area (Å²) in [6.07, 6.45) is 4.79. The number of piperidine rings is 1. The Hall–Kier alpha value is -2.52. The molecule has 3 nitrogen and oxygen atoms in total. The van der Waals surface area contributed by atoms with Crippen LogP contribution in [0.1, 0.15) is 35.6 Å². The number of benzene rings is 2. The summed E-state index contributed by atoms with van der Waals surface area (Å²) in [4.78, 5) is 3.54. The maximum atomic E-state index is 3.59. The minimum Gasteiger partial charge on any atom is -0.380 e. The molecular formula is C22H23N3. The van der Waals surface area contributed by atoms with Gasteiger partial charge in [-0.05, 0) is 72.6 Å². The third-order valence-electron chi connectivity index (χ3n) is 5.55. The summed E-state index contributed by atoms with van der Waals surface area (Å²) in [6.45, 7) is 3.17. The van der Waals surface area contributed by atoms with E-state index in [-0.39, 0.29) is 0 Å². The molecule has 3 heteroatoms. The van der Waals surface area contributed by atoms with Gasteiger partial charge in [0.25, 0.3) is 0 Å². The number of H-pyrrole nitrogens is 1. The average molecular weight is 329 g/mol. The van der Waals surface area contributed by atoms with E-state index in [0.717, 1.165) is 19.6 Å². The third kappa shape index (κ3) is 2.65. The van der Waals surface area contributed by atoms with Gasteiger partial charge in [0.15, 0.2) is 0 Å². The van der Waals surface area contributed by atoms with Crippen LogP contribution in [0.3, 0.4) is 0 Å². The van der Waals surface area contributed by atoms with Crippen molar-refractivity contribution in [3.05, 3.63) is 65.4 Å². The molecule has 0 amide bonds. The highest BCUT2D eigenvalue weighted by Crippen LogP contribution is 2.40. The topological polar surface area (TPSA) is 39.8 Å². The van der Waals surface area contributed by atoms with E-state index < -0.39 is 0 Å². The Morgan fingerprint density at radius 3 is 2.72 bits per heavy atom. The first-order valence-electron chi connectivity index (χ1n) is 9.25. The first kappa shape index (κ1) is 14.8. The van der Waals surface area contributed by atoms with E-state index in [1.165, 1.54) is 51.8 Å². The molecule has 2 aliphatic rings. The lowest BCUT2D eigenvalue weighted by Crippen LogP contribution is -2.27. The van der Waals surface area contributed by atoms with E-state index in [0.29, 0.717) is 5.92 Å². The van der Waals surface area contributed by atoms with Crippen LogP contribution in [-0.4, -0.2) is 24.6 Å². The zero-order valence-corrected chi connectivity index (χ0v) is 14.3. The molecule has 1 fully saturated rings. The van der Waals surface area contributed by atoms with Crippen LogP contribution in [0, 0.1) is 0 Å². The minimum absolute atomic E-state index is 0.669. The Morgan fingerprint density at radius 1 is 0.960 bits per heavy atom. The Balaban J connectivity index is 1.57. The average Bonchev–Trinajstić information content (AvgIpc) is 3.26. The molecule has 2 aromatic carbocycles. The zero-order chi connectivity index (χ0) is 16.6. The van der Waals surface area contributed by atoms with Gasteiger partial charge in [0, 0.05) is 29.0 Å². The van der Waals surface area contributed by atoms with E-state index in [2.05, 4.69) is 70.2 Å². The standard InChI is InChI=1S/C22H23N3/c1-2-6-20-16(4-1)12-18(25-20)13-17-14-24-21-7-3-5-19(22(17)21)15-8-10-23-11-9-15/h1-7,12-13,15,23-25H,8-11,14H2. The van der Waals surface area contributed by atoms with Crippen molar-refractivity contribution in [2.45, 2.75) is 18.8 Å². The van der Waals surface area contributed by atoms with Crippen molar-refractivity contribution in [1.29, 1.82) is 0 Å². The molecule has 3 heterocycles. The highest BCUT2D eigenvalue weighted by atomic mass is 14.9. The van der Waals surface area contributed by atoms with E-state index in [9.17, 15) is 0 Å². The normalized spacial score (nSPS) is 19.3. The Kier molecular flexibility index (Phi) is 3.60. The highest BCUT2D eigenvalue weighted by molar-refractivity contribution is 5.95. The largest absolute Gasteiger partial charge is 0.380 e. The number of rotatable bonds is 2. The van der Waals surface area contributed by atoms with Gasteiger partial charge >= 0.3 is 0 Å². The molecular weight excluding hydrogens is 306 g/mol. The summed E-state index contributed by atoms with van der Waals surface area (Å²) in [5.74, 6) is 0.669. The van der Waals surface area contributed by atoms with Gasteiger partial charge in [-0.3, -0.25) is 0 Å².